The van der Waals surface area contributed by atoms with Crippen LogP contribution in [0.3, 0.4) is 0 Å². The molecule has 0 aliphatic carbocycles. The van der Waals surface area contributed by atoms with Gasteiger partial charge in [-0.15, -0.1) is 0 Å². The molecular formula is C20H19NO3. The lowest BCUT2D eigenvalue weighted by Gasteiger charge is -2.06. The molecule has 0 spiro atoms. The van der Waals surface area contributed by atoms with Gasteiger partial charge in [0.15, 0.2) is 5.78 Å². The lowest BCUT2D eigenvalue weighted by Crippen LogP contribution is -2.02. The number of carbonyl (C=O) groups is 1. The minimum absolute atomic E-state index is 0.0205. The maximum Gasteiger partial charge on any atom is 0.195 e. The number of rotatable bonds is 5. The lowest BCUT2D eigenvalue weighted by molar-refractivity contribution is 0.103. The van der Waals surface area contributed by atoms with Crippen molar-refractivity contribution in [1.82, 2.24) is 4.98 Å². The molecule has 1 heterocycles. The number of H-pyrrole nitrogens is 1. The Balaban J connectivity index is 1.99. The number of methoxy groups -OCH3 is 2. The van der Waals surface area contributed by atoms with Gasteiger partial charge in [0, 0.05) is 16.8 Å². The van der Waals surface area contributed by atoms with Crippen LogP contribution in [0.1, 0.15) is 21.6 Å². The van der Waals surface area contributed by atoms with Crippen LogP contribution in [0.2, 0.25) is 0 Å². The van der Waals surface area contributed by atoms with Crippen molar-refractivity contribution < 1.29 is 14.3 Å². The van der Waals surface area contributed by atoms with Gasteiger partial charge in [0.05, 0.1) is 19.9 Å². The lowest BCUT2D eigenvalue weighted by atomic mass is 10.00. The Morgan fingerprint density at radius 3 is 1.96 bits per heavy atom. The minimum Gasteiger partial charge on any atom is -0.497 e. The highest BCUT2D eigenvalue weighted by Crippen LogP contribution is 2.28. The molecule has 0 aliphatic rings. The maximum absolute atomic E-state index is 12.9. The summed E-state index contributed by atoms with van der Waals surface area (Å²) in [5.74, 6) is 1.49. The zero-order valence-corrected chi connectivity index (χ0v) is 13.9. The molecule has 24 heavy (non-hydrogen) atoms. The summed E-state index contributed by atoms with van der Waals surface area (Å²) < 4.78 is 10.3. The maximum atomic E-state index is 12.9. The predicted molar refractivity (Wildman–Crippen MR) is 93.9 cm³/mol. The first-order valence-corrected chi connectivity index (χ1v) is 7.65. The molecule has 0 aliphatic heterocycles. The molecular weight excluding hydrogens is 302 g/mol. The molecule has 0 saturated carbocycles. The van der Waals surface area contributed by atoms with Gasteiger partial charge in [-0.1, -0.05) is 0 Å². The van der Waals surface area contributed by atoms with Crippen molar-refractivity contribution in [2.75, 3.05) is 14.2 Å². The first-order valence-electron chi connectivity index (χ1n) is 7.65. The third-order valence-corrected chi connectivity index (χ3v) is 3.93. The van der Waals surface area contributed by atoms with Gasteiger partial charge in [-0.25, -0.2) is 0 Å². The molecule has 1 N–H and O–H groups in total. The molecule has 3 aromatic rings. The van der Waals surface area contributed by atoms with E-state index in [9.17, 15) is 4.79 Å². The number of hydrogen-bond donors (Lipinski definition) is 1. The third kappa shape index (κ3) is 3.04. The van der Waals surface area contributed by atoms with Crippen LogP contribution < -0.4 is 9.47 Å². The summed E-state index contributed by atoms with van der Waals surface area (Å²) in [5, 5.41) is 0. The van der Waals surface area contributed by atoms with Crippen LogP contribution in [0.15, 0.2) is 54.6 Å². The Morgan fingerprint density at radius 1 is 0.875 bits per heavy atom. The highest BCUT2D eigenvalue weighted by atomic mass is 16.5. The summed E-state index contributed by atoms with van der Waals surface area (Å²) in [6.07, 6.45) is 0. The molecule has 4 heteroatoms. The fraction of sp³-hybridized carbons (Fsp3) is 0.150. The Morgan fingerprint density at radius 2 is 1.42 bits per heavy atom. The molecule has 2 aromatic carbocycles. The third-order valence-electron chi connectivity index (χ3n) is 3.93. The summed E-state index contributed by atoms with van der Waals surface area (Å²) in [6, 6.07) is 16.7. The van der Waals surface area contributed by atoms with Gasteiger partial charge in [-0.2, -0.15) is 0 Å². The van der Waals surface area contributed by atoms with E-state index < -0.39 is 0 Å². The van der Waals surface area contributed by atoms with E-state index in [1.807, 2.05) is 37.3 Å². The number of hydrogen-bond acceptors (Lipinski definition) is 3. The quantitative estimate of drug-likeness (QED) is 0.715. The Labute approximate surface area is 141 Å². The van der Waals surface area contributed by atoms with E-state index in [1.54, 1.807) is 38.5 Å². The van der Waals surface area contributed by atoms with Crippen molar-refractivity contribution in [3.63, 3.8) is 0 Å². The van der Waals surface area contributed by atoms with Crippen molar-refractivity contribution in [2.45, 2.75) is 6.92 Å². The van der Waals surface area contributed by atoms with Crippen molar-refractivity contribution in [2.24, 2.45) is 0 Å². The largest absolute Gasteiger partial charge is 0.497 e. The van der Waals surface area contributed by atoms with Crippen LogP contribution in [0, 0.1) is 6.92 Å². The summed E-state index contributed by atoms with van der Waals surface area (Å²) >= 11 is 0. The molecule has 0 unspecified atom stereocenters. The van der Waals surface area contributed by atoms with E-state index in [1.165, 1.54) is 0 Å². The Kier molecular flexibility index (Phi) is 4.38. The molecule has 0 saturated heterocycles. The van der Waals surface area contributed by atoms with Crippen LogP contribution in [-0.4, -0.2) is 25.0 Å². The van der Waals surface area contributed by atoms with Gasteiger partial charge in [0.1, 0.15) is 11.5 Å². The van der Waals surface area contributed by atoms with Crippen LogP contribution >= 0.6 is 0 Å². The number of aromatic amines is 1. The normalized spacial score (nSPS) is 10.5. The molecule has 4 nitrogen and oxygen atoms in total. The number of carbonyl (C=O) groups excluding carboxylic acids is 1. The fourth-order valence-corrected chi connectivity index (χ4v) is 2.65. The first-order chi connectivity index (χ1) is 11.6. The standard InChI is InChI=1S/C20H19NO3/c1-13-12-18(20(22)15-6-10-17(24-3)11-7-15)19(21-13)14-4-8-16(23-2)9-5-14/h4-12,21H,1-3H3. The summed E-state index contributed by atoms with van der Waals surface area (Å²) in [4.78, 5) is 16.2. The Hall–Kier alpha value is -3.01. The molecule has 0 fully saturated rings. The van der Waals surface area contributed by atoms with Crippen molar-refractivity contribution >= 4 is 5.78 Å². The smallest absolute Gasteiger partial charge is 0.195 e. The van der Waals surface area contributed by atoms with E-state index in [2.05, 4.69) is 4.98 Å². The second-order valence-corrected chi connectivity index (χ2v) is 5.53. The van der Waals surface area contributed by atoms with Gasteiger partial charge in [-0.3, -0.25) is 4.79 Å². The van der Waals surface area contributed by atoms with Gasteiger partial charge in [0.2, 0.25) is 0 Å². The van der Waals surface area contributed by atoms with Gasteiger partial charge < -0.3 is 14.5 Å². The SMILES string of the molecule is COc1ccc(C(=O)c2cc(C)[nH]c2-c2ccc(OC)cc2)cc1. The van der Waals surface area contributed by atoms with E-state index in [0.717, 1.165) is 28.5 Å². The van der Waals surface area contributed by atoms with Crippen molar-refractivity contribution in [3.05, 3.63) is 71.4 Å². The molecule has 3 rings (SSSR count). The topological polar surface area (TPSA) is 51.3 Å². The second-order valence-electron chi connectivity index (χ2n) is 5.53. The van der Waals surface area contributed by atoms with Crippen molar-refractivity contribution in [1.29, 1.82) is 0 Å². The highest BCUT2D eigenvalue weighted by molar-refractivity contribution is 6.12. The minimum atomic E-state index is -0.0205. The zero-order valence-electron chi connectivity index (χ0n) is 13.9. The van der Waals surface area contributed by atoms with Crippen molar-refractivity contribution in [3.8, 4) is 22.8 Å². The van der Waals surface area contributed by atoms with Gasteiger partial charge >= 0.3 is 0 Å². The van der Waals surface area contributed by atoms with Gasteiger partial charge in [-0.05, 0) is 67.1 Å². The molecule has 0 amide bonds. The molecule has 0 bridgehead atoms. The van der Waals surface area contributed by atoms with E-state index in [-0.39, 0.29) is 5.78 Å². The molecule has 0 atom stereocenters. The number of ether oxygens (including phenoxy) is 2. The van der Waals surface area contributed by atoms with E-state index >= 15 is 0 Å². The Bertz CT molecular complexity index is 846. The average Bonchev–Trinajstić information content (AvgIpc) is 3.03. The number of ketones is 1. The molecule has 0 radical (unpaired) electrons. The van der Waals surface area contributed by atoms with E-state index in [0.29, 0.717) is 11.1 Å². The summed E-state index contributed by atoms with van der Waals surface area (Å²) in [7, 11) is 3.24. The van der Waals surface area contributed by atoms with Crippen LogP contribution in [0.25, 0.3) is 11.3 Å². The van der Waals surface area contributed by atoms with Gasteiger partial charge in [0.25, 0.3) is 0 Å². The summed E-state index contributed by atoms with van der Waals surface area (Å²) in [6.45, 7) is 1.94. The van der Waals surface area contributed by atoms with E-state index in [4.69, 9.17) is 9.47 Å². The molecule has 1 aromatic heterocycles. The fourth-order valence-electron chi connectivity index (χ4n) is 2.65. The van der Waals surface area contributed by atoms with Crippen LogP contribution in [0.5, 0.6) is 11.5 Å². The molecule has 122 valence electrons. The highest BCUT2D eigenvalue weighted by Gasteiger charge is 2.17. The number of nitrogens with one attached hydrogen (secondary N) is 1. The number of aromatic nitrogens is 1. The number of aryl methyl sites for hydroxylation is 1. The van der Waals surface area contributed by atoms with Crippen LogP contribution in [-0.2, 0) is 0 Å². The van der Waals surface area contributed by atoms with Crippen LogP contribution in [0.4, 0.5) is 0 Å². The monoisotopic (exact) mass is 321 g/mol. The zero-order chi connectivity index (χ0) is 17.1. The second kappa shape index (κ2) is 6.62. The first kappa shape index (κ1) is 15.9. The number of benzene rings is 2. The average molecular weight is 321 g/mol. The predicted octanol–water partition coefficient (Wildman–Crippen LogP) is 4.24. The summed E-state index contributed by atoms with van der Waals surface area (Å²) in [5.41, 5.74) is 3.99.